The summed E-state index contributed by atoms with van der Waals surface area (Å²) in [6.45, 7) is 5.72. The lowest BCUT2D eigenvalue weighted by molar-refractivity contribution is 0.124. The van der Waals surface area contributed by atoms with E-state index in [1.165, 1.54) is 43.6 Å². The fraction of sp³-hybridized carbons (Fsp3) is 0.526. The average Bonchev–Trinajstić information content (AvgIpc) is 2.92. The van der Waals surface area contributed by atoms with Crippen molar-refractivity contribution >= 4 is 0 Å². The first-order chi connectivity index (χ1) is 11.3. The van der Waals surface area contributed by atoms with Crippen LogP contribution < -0.4 is 0 Å². The standard InChI is InChI=1S/C19H26N4/c1-21-11-18-7-8-19(15-21)22(13-18)12-16-3-5-17(6-4-16)14-23-10-2-9-20-23/h2-6,9-10,18-19H,7-8,11-15H2,1H3/t18-,19+/m0/s1. The number of rotatable bonds is 4. The van der Waals surface area contributed by atoms with E-state index in [1.807, 2.05) is 23.1 Å². The van der Waals surface area contributed by atoms with Crippen LogP contribution in [0.3, 0.4) is 0 Å². The van der Waals surface area contributed by atoms with Crippen molar-refractivity contribution in [3.05, 3.63) is 53.9 Å². The highest BCUT2D eigenvalue weighted by Gasteiger charge is 2.33. The van der Waals surface area contributed by atoms with E-state index in [9.17, 15) is 0 Å². The molecule has 3 fully saturated rings. The summed E-state index contributed by atoms with van der Waals surface area (Å²) in [4.78, 5) is 5.23. The van der Waals surface area contributed by atoms with Crippen molar-refractivity contribution in [3.8, 4) is 0 Å². The molecule has 3 aliphatic rings. The number of fused-ring (bicyclic) bond motifs is 4. The molecule has 4 heterocycles. The van der Waals surface area contributed by atoms with Gasteiger partial charge in [-0.2, -0.15) is 5.10 Å². The van der Waals surface area contributed by atoms with Gasteiger partial charge in [0.25, 0.3) is 0 Å². The SMILES string of the molecule is CN1C[C@@H]2CC[C@H](C1)N(Cc1ccc(Cn3cccn3)cc1)C2. The molecule has 5 rings (SSSR count). The van der Waals surface area contributed by atoms with Crippen molar-refractivity contribution in [2.75, 3.05) is 26.7 Å². The second kappa shape index (κ2) is 6.46. The molecule has 0 saturated carbocycles. The normalized spacial score (nSPS) is 25.6. The molecule has 23 heavy (non-hydrogen) atoms. The Hall–Kier alpha value is -1.65. The summed E-state index contributed by atoms with van der Waals surface area (Å²) in [6, 6.07) is 11.8. The average molecular weight is 310 g/mol. The smallest absolute Gasteiger partial charge is 0.0659 e. The van der Waals surface area contributed by atoms with E-state index in [0.29, 0.717) is 0 Å². The van der Waals surface area contributed by atoms with Crippen LogP contribution in [0, 0.1) is 5.92 Å². The van der Waals surface area contributed by atoms with Crippen molar-refractivity contribution in [2.24, 2.45) is 5.92 Å². The minimum absolute atomic E-state index is 0.738. The maximum atomic E-state index is 4.27. The third kappa shape index (κ3) is 3.48. The molecule has 4 nitrogen and oxygen atoms in total. The van der Waals surface area contributed by atoms with E-state index in [1.54, 1.807) is 0 Å². The number of piperidine rings is 1. The lowest BCUT2D eigenvalue weighted by atomic mass is 9.94. The number of hydrogen-bond acceptors (Lipinski definition) is 3. The first-order valence-electron chi connectivity index (χ1n) is 8.74. The van der Waals surface area contributed by atoms with E-state index >= 15 is 0 Å². The highest BCUT2D eigenvalue weighted by Crippen LogP contribution is 2.28. The number of likely N-dealkylation sites (N-methyl/N-ethyl adjacent to an activating group) is 1. The van der Waals surface area contributed by atoms with Gasteiger partial charge < -0.3 is 4.90 Å². The maximum Gasteiger partial charge on any atom is 0.0659 e. The molecule has 4 heteroatoms. The van der Waals surface area contributed by atoms with Crippen molar-refractivity contribution in [2.45, 2.75) is 32.0 Å². The Balaban J connectivity index is 1.41. The Kier molecular flexibility index (Phi) is 4.19. The minimum atomic E-state index is 0.738. The van der Waals surface area contributed by atoms with Crippen LogP contribution in [0.4, 0.5) is 0 Å². The minimum Gasteiger partial charge on any atom is -0.304 e. The summed E-state index contributed by atoms with van der Waals surface area (Å²) in [6.07, 6.45) is 6.62. The Labute approximate surface area is 138 Å². The molecule has 3 aliphatic heterocycles. The van der Waals surface area contributed by atoms with Gasteiger partial charge in [0, 0.05) is 44.6 Å². The molecule has 0 aliphatic carbocycles. The molecule has 1 aromatic carbocycles. The lowest BCUT2D eigenvalue weighted by Gasteiger charge is -2.36. The van der Waals surface area contributed by atoms with Gasteiger partial charge in [0.2, 0.25) is 0 Å². The predicted molar refractivity (Wildman–Crippen MR) is 92.2 cm³/mol. The van der Waals surface area contributed by atoms with E-state index in [-0.39, 0.29) is 0 Å². The number of benzene rings is 1. The summed E-state index contributed by atoms with van der Waals surface area (Å²) in [7, 11) is 2.28. The van der Waals surface area contributed by atoms with Crippen LogP contribution in [-0.4, -0.2) is 52.3 Å². The Morgan fingerprint density at radius 2 is 1.78 bits per heavy atom. The molecule has 0 unspecified atom stereocenters. The van der Waals surface area contributed by atoms with Gasteiger partial charge in [0.05, 0.1) is 6.54 Å². The second-order valence-corrected chi connectivity index (χ2v) is 7.27. The molecular formula is C19H26N4. The van der Waals surface area contributed by atoms with Crippen LogP contribution in [0.1, 0.15) is 24.0 Å². The van der Waals surface area contributed by atoms with Gasteiger partial charge >= 0.3 is 0 Å². The van der Waals surface area contributed by atoms with Gasteiger partial charge in [-0.1, -0.05) is 24.3 Å². The zero-order valence-electron chi connectivity index (χ0n) is 13.9. The Morgan fingerprint density at radius 1 is 1.00 bits per heavy atom. The van der Waals surface area contributed by atoms with Gasteiger partial charge in [-0.25, -0.2) is 0 Å². The van der Waals surface area contributed by atoms with Crippen LogP contribution in [-0.2, 0) is 13.1 Å². The van der Waals surface area contributed by atoms with Crippen LogP contribution in [0.2, 0.25) is 0 Å². The number of aromatic nitrogens is 2. The van der Waals surface area contributed by atoms with E-state index in [2.05, 4.69) is 46.2 Å². The summed E-state index contributed by atoms with van der Waals surface area (Å²) in [5, 5.41) is 4.27. The molecule has 122 valence electrons. The fourth-order valence-electron chi connectivity index (χ4n) is 4.17. The summed E-state index contributed by atoms with van der Waals surface area (Å²) < 4.78 is 1.97. The van der Waals surface area contributed by atoms with Gasteiger partial charge in [0.15, 0.2) is 0 Å². The third-order valence-corrected chi connectivity index (χ3v) is 5.32. The van der Waals surface area contributed by atoms with E-state index in [0.717, 1.165) is 25.0 Å². The molecule has 1 aromatic heterocycles. The molecule has 2 bridgehead atoms. The molecule has 2 aromatic rings. The zero-order valence-corrected chi connectivity index (χ0v) is 13.9. The Bertz CT molecular complexity index is 619. The monoisotopic (exact) mass is 310 g/mol. The van der Waals surface area contributed by atoms with Gasteiger partial charge in [-0.3, -0.25) is 9.58 Å². The molecule has 2 atom stereocenters. The van der Waals surface area contributed by atoms with Gasteiger partial charge in [-0.15, -0.1) is 0 Å². The zero-order chi connectivity index (χ0) is 15.6. The first-order valence-corrected chi connectivity index (χ1v) is 8.74. The number of hydrogen-bond donors (Lipinski definition) is 0. The maximum absolute atomic E-state index is 4.27. The molecule has 0 amide bonds. The highest BCUT2D eigenvalue weighted by molar-refractivity contribution is 5.23. The lowest BCUT2D eigenvalue weighted by Crippen LogP contribution is -2.43. The van der Waals surface area contributed by atoms with Crippen molar-refractivity contribution in [1.82, 2.24) is 19.6 Å². The van der Waals surface area contributed by atoms with Crippen molar-refractivity contribution in [1.29, 1.82) is 0 Å². The second-order valence-electron chi connectivity index (χ2n) is 7.27. The van der Waals surface area contributed by atoms with Crippen LogP contribution in [0.15, 0.2) is 42.7 Å². The first kappa shape index (κ1) is 14.9. The van der Waals surface area contributed by atoms with E-state index in [4.69, 9.17) is 0 Å². The predicted octanol–water partition coefficient (Wildman–Crippen LogP) is 2.46. The largest absolute Gasteiger partial charge is 0.304 e. The molecule has 3 saturated heterocycles. The molecular weight excluding hydrogens is 284 g/mol. The topological polar surface area (TPSA) is 24.3 Å². The fourth-order valence-corrected chi connectivity index (χ4v) is 4.17. The highest BCUT2D eigenvalue weighted by atomic mass is 15.3. The van der Waals surface area contributed by atoms with Crippen molar-refractivity contribution < 1.29 is 0 Å². The summed E-state index contributed by atoms with van der Waals surface area (Å²) >= 11 is 0. The van der Waals surface area contributed by atoms with Crippen molar-refractivity contribution in [3.63, 3.8) is 0 Å². The van der Waals surface area contributed by atoms with Gasteiger partial charge in [-0.05, 0) is 43.0 Å². The van der Waals surface area contributed by atoms with Gasteiger partial charge in [0.1, 0.15) is 0 Å². The van der Waals surface area contributed by atoms with Crippen LogP contribution in [0.25, 0.3) is 0 Å². The van der Waals surface area contributed by atoms with Crippen LogP contribution in [0.5, 0.6) is 0 Å². The summed E-state index contributed by atoms with van der Waals surface area (Å²) in [5.41, 5.74) is 2.75. The number of nitrogens with zero attached hydrogens (tertiary/aromatic N) is 4. The molecule has 0 radical (unpaired) electrons. The van der Waals surface area contributed by atoms with Crippen LogP contribution >= 0.6 is 0 Å². The quantitative estimate of drug-likeness (QED) is 0.867. The molecule has 0 spiro atoms. The summed E-state index contributed by atoms with van der Waals surface area (Å²) in [5.74, 6) is 0.859. The van der Waals surface area contributed by atoms with E-state index < -0.39 is 0 Å². The molecule has 0 N–H and O–H groups in total. The Morgan fingerprint density at radius 3 is 2.52 bits per heavy atom. The third-order valence-electron chi connectivity index (χ3n) is 5.32.